The van der Waals surface area contributed by atoms with Gasteiger partial charge in [0, 0.05) is 82.9 Å². The third-order valence-corrected chi connectivity index (χ3v) is 10.8. The Hall–Kier alpha value is -5.47. The first-order valence-corrected chi connectivity index (χ1v) is 20.9. The van der Waals surface area contributed by atoms with Gasteiger partial charge in [0.2, 0.25) is 0 Å². The molecule has 64 heavy (non-hydrogen) atoms. The molecular formula is C44H56F9N9O2. The predicted molar refractivity (Wildman–Crippen MR) is 232 cm³/mol. The predicted octanol–water partition coefficient (Wildman–Crippen LogP) is 7.58. The number of fused-ring (bicyclic) bond motifs is 9. The second-order valence-corrected chi connectivity index (χ2v) is 14.4. The number of nitrogens with one attached hydrogen (secondary N) is 5. The van der Waals surface area contributed by atoms with Gasteiger partial charge in [0.1, 0.15) is 18.5 Å². The molecule has 3 atom stereocenters. The molecule has 3 aromatic rings. The highest BCUT2D eigenvalue weighted by atomic mass is 19.4. The molecule has 11 nitrogen and oxygen atoms in total. The molecule has 2 amide bonds. The number of benzene rings is 3. The van der Waals surface area contributed by atoms with Crippen LogP contribution in [0, 0.1) is 0 Å². The summed E-state index contributed by atoms with van der Waals surface area (Å²) in [7, 11) is 1.62. The molecule has 9 rings (SSSR count). The van der Waals surface area contributed by atoms with Crippen LogP contribution in [-0.2, 0) is 18.5 Å². The van der Waals surface area contributed by atoms with Gasteiger partial charge in [-0.3, -0.25) is 9.59 Å². The number of anilines is 3. The number of likely N-dealkylation sites (N-methyl/N-ethyl adjacent to an activating group) is 1. The summed E-state index contributed by atoms with van der Waals surface area (Å²) in [5, 5.41) is 15.4. The van der Waals surface area contributed by atoms with Crippen molar-refractivity contribution >= 4 is 34.6 Å². The molecule has 0 radical (unpaired) electrons. The molecule has 0 aromatic heterocycles. The summed E-state index contributed by atoms with van der Waals surface area (Å²) >= 11 is 0. The van der Waals surface area contributed by atoms with E-state index >= 15 is 0 Å². The summed E-state index contributed by atoms with van der Waals surface area (Å²) in [4.78, 5) is 31.6. The standard InChI is InChI=1S/C13H14F3N3O.C13H14F3N3.C12H12F3N3O.2C2H6.C2H4/c1-18-11-7-17-4-5-19(11)10-3-2-8(13(14,15)16)6-9(10)12(18)20;1-8-10-6-9(13(14,15)16)2-3-11(10)19-5-4-17-7-12(19)18-8;13-12(14,15)7-1-2-9-8(5-7)11(19)17-10-6-16-3-4-18(9)10;3*1-2/h2-3,6,11,17H,4-5,7H2,1H3;2-3,6,12,17-18H,1,4-5,7H2;1-2,5,10,16H,3-4,6H2,(H,17,19);2*1-2H3;1-2H2/t;;10-;;;/m..1.../s1. The minimum absolute atomic E-state index is 0.0606. The van der Waals surface area contributed by atoms with Gasteiger partial charge in [-0.15, -0.1) is 13.2 Å². The van der Waals surface area contributed by atoms with Crippen molar-refractivity contribution in [2.45, 2.75) is 64.7 Å². The number of alkyl halides is 9. The Balaban J connectivity index is 0.000000199. The maximum absolute atomic E-state index is 12.8. The highest BCUT2D eigenvalue weighted by molar-refractivity contribution is 6.03. The van der Waals surface area contributed by atoms with Gasteiger partial charge in [-0.1, -0.05) is 34.3 Å². The lowest BCUT2D eigenvalue weighted by molar-refractivity contribution is -0.138. The molecule has 20 heteroatoms. The zero-order valence-electron chi connectivity index (χ0n) is 36.4. The van der Waals surface area contributed by atoms with E-state index in [1.165, 1.54) is 23.1 Å². The number of rotatable bonds is 0. The Kier molecular flexibility index (Phi) is 17.2. The largest absolute Gasteiger partial charge is 0.416 e. The van der Waals surface area contributed by atoms with Crippen LogP contribution in [0.2, 0.25) is 0 Å². The smallest absolute Gasteiger partial charge is 0.364 e. The number of amides is 2. The van der Waals surface area contributed by atoms with Gasteiger partial charge in [0.15, 0.2) is 0 Å². The fourth-order valence-electron chi connectivity index (χ4n) is 7.88. The summed E-state index contributed by atoms with van der Waals surface area (Å²) in [6.07, 6.45) is -13.5. The van der Waals surface area contributed by atoms with Crippen LogP contribution >= 0.6 is 0 Å². The van der Waals surface area contributed by atoms with E-state index in [1.54, 1.807) is 13.1 Å². The number of hydrogen-bond acceptors (Lipinski definition) is 9. The van der Waals surface area contributed by atoms with Crippen molar-refractivity contribution in [1.82, 2.24) is 31.5 Å². The van der Waals surface area contributed by atoms with Crippen LogP contribution in [0.5, 0.6) is 0 Å². The molecule has 6 aliphatic rings. The highest BCUT2D eigenvalue weighted by Crippen LogP contribution is 2.39. The quantitative estimate of drug-likeness (QED) is 0.115. The lowest BCUT2D eigenvalue weighted by Crippen LogP contribution is -2.62. The summed E-state index contributed by atoms with van der Waals surface area (Å²) in [6.45, 7) is 24.2. The number of piperazine rings is 3. The van der Waals surface area contributed by atoms with E-state index in [0.717, 1.165) is 68.7 Å². The first kappa shape index (κ1) is 51.2. The van der Waals surface area contributed by atoms with Crippen LogP contribution < -0.4 is 41.3 Å². The Labute approximate surface area is 367 Å². The molecule has 3 fully saturated rings. The minimum atomic E-state index is -4.44. The van der Waals surface area contributed by atoms with Crippen LogP contribution in [-0.4, -0.2) is 101 Å². The second-order valence-electron chi connectivity index (χ2n) is 14.4. The first-order valence-electron chi connectivity index (χ1n) is 20.9. The van der Waals surface area contributed by atoms with Gasteiger partial charge in [-0.25, -0.2) is 0 Å². The van der Waals surface area contributed by atoms with Crippen LogP contribution in [0.3, 0.4) is 0 Å². The van der Waals surface area contributed by atoms with E-state index in [2.05, 4.69) is 51.2 Å². The number of carbonyl (C=O) groups is 2. The summed E-state index contributed by atoms with van der Waals surface area (Å²) < 4.78 is 115. The molecule has 3 saturated heterocycles. The summed E-state index contributed by atoms with van der Waals surface area (Å²) in [6, 6.07) is 10.6. The molecule has 6 heterocycles. The average Bonchev–Trinajstić information content (AvgIpc) is 3.29. The lowest BCUT2D eigenvalue weighted by Gasteiger charge is -2.46. The van der Waals surface area contributed by atoms with Crippen molar-refractivity contribution < 1.29 is 49.1 Å². The minimum Gasteiger partial charge on any atom is -0.364 e. The van der Waals surface area contributed by atoms with Crippen LogP contribution in [0.25, 0.3) is 5.70 Å². The molecule has 352 valence electrons. The van der Waals surface area contributed by atoms with Crippen molar-refractivity contribution in [1.29, 1.82) is 0 Å². The molecule has 0 saturated carbocycles. The van der Waals surface area contributed by atoms with Crippen molar-refractivity contribution in [3.05, 3.63) is 108 Å². The van der Waals surface area contributed by atoms with E-state index in [9.17, 15) is 49.1 Å². The number of nitrogens with zero attached hydrogens (tertiary/aromatic N) is 4. The normalized spacial score (nSPS) is 20.7. The van der Waals surface area contributed by atoms with Crippen molar-refractivity contribution in [3.63, 3.8) is 0 Å². The average molecular weight is 914 g/mol. The Morgan fingerprint density at radius 1 is 0.547 bits per heavy atom. The van der Waals surface area contributed by atoms with Gasteiger partial charge in [0.05, 0.1) is 39.2 Å². The fraction of sp³-hybridized carbons (Fsp3) is 0.455. The Morgan fingerprint density at radius 3 is 1.39 bits per heavy atom. The Bertz CT molecular complexity index is 2000. The van der Waals surface area contributed by atoms with E-state index in [-0.39, 0.29) is 35.5 Å². The maximum atomic E-state index is 12.8. The highest BCUT2D eigenvalue weighted by Gasteiger charge is 2.40. The molecule has 2 unspecified atom stereocenters. The zero-order valence-corrected chi connectivity index (χ0v) is 36.4. The summed E-state index contributed by atoms with van der Waals surface area (Å²) in [5.41, 5.74) is 1.07. The van der Waals surface area contributed by atoms with Crippen LogP contribution in [0.4, 0.5) is 56.6 Å². The SMILES string of the molecule is C=C.C=C1NC2CNCCN2c2ccc(C(F)(F)F)cc21.CC.CC.CN1C(=O)c2cc(C(F)(F)F)ccc2N2CCNCC12.O=C1N[C@H]2CNCCN2c2ccc(C(F)(F)F)cc21. The topological polar surface area (TPSA) is 107 Å². The van der Waals surface area contributed by atoms with E-state index in [4.69, 9.17) is 0 Å². The van der Waals surface area contributed by atoms with E-state index in [0.29, 0.717) is 48.8 Å². The number of hydrogen-bond donors (Lipinski definition) is 5. The van der Waals surface area contributed by atoms with Gasteiger partial charge in [0.25, 0.3) is 11.8 Å². The van der Waals surface area contributed by atoms with Crippen molar-refractivity contribution in [2.75, 3.05) is 80.7 Å². The molecule has 0 bridgehead atoms. The first-order chi connectivity index (χ1) is 30.3. The molecule has 5 N–H and O–H groups in total. The molecule has 6 aliphatic heterocycles. The summed E-state index contributed by atoms with van der Waals surface area (Å²) in [5.74, 6) is -0.818. The number of carbonyl (C=O) groups excluding carboxylic acids is 2. The van der Waals surface area contributed by atoms with Crippen LogP contribution in [0.1, 0.15) is 70.7 Å². The third kappa shape index (κ3) is 11.2. The monoisotopic (exact) mass is 913 g/mol. The van der Waals surface area contributed by atoms with Gasteiger partial charge in [-0.2, -0.15) is 39.5 Å². The fourth-order valence-corrected chi connectivity index (χ4v) is 7.88. The second kappa shape index (κ2) is 21.5. The lowest BCUT2D eigenvalue weighted by atomic mass is 10.0. The van der Waals surface area contributed by atoms with Crippen molar-refractivity contribution in [3.8, 4) is 0 Å². The van der Waals surface area contributed by atoms with Gasteiger partial charge in [-0.05, 0) is 54.6 Å². The van der Waals surface area contributed by atoms with Crippen LogP contribution in [0.15, 0.2) is 74.3 Å². The van der Waals surface area contributed by atoms with Crippen molar-refractivity contribution in [2.24, 2.45) is 0 Å². The molecule has 3 aromatic carbocycles. The van der Waals surface area contributed by atoms with E-state index < -0.39 is 41.1 Å². The van der Waals surface area contributed by atoms with Gasteiger partial charge < -0.3 is 46.2 Å². The maximum Gasteiger partial charge on any atom is 0.416 e. The van der Waals surface area contributed by atoms with E-state index in [1.807, 2.05) is 37.5 Å². The zero-order chi connectivity index (χ0) is 47.7. The number of halogens is 9. The third-order valence-electron chi connectivity index (χ3n) is 10.8. The van der Waals surface area contributed by atoms with Gasteiger partial charge >= 0.3 is 18.5 Å². The Morgan fingerprint density at radius 2 is 0.922 bits per heavy atom. The molecular weight excluding hydrogens is 858 g/mol. The molecule has 0 aliphatic carbocycles. The molecule has 0 spiro atoms.